The maximum absolute atomic E-state index is 11.6. The fraction of sp³-hybridized carbons (Fsp3) is 0.385. The number of carbonyl (C=O) groups excluding carboxylic acids is 2. The molecule has 0 aliphatic rings. The van der Waals surface area contributed by atoms with Gasteiger partial charge < -0.3 is 15.4 Å². The lowest BCUT2D eigenvalue weighted by Gasteiger charge is -2.12. The maximum Gasteiger partial charge on any atom is 0.258 e. The zero-order valence-corrected chi connectivity index (χ0v) is 10.8. The van der Waals surface area contributed by atoms with Gasteiger partial charge in [0.05, 0.1) is 5.56 Å². The summed E-state index contributed by atoms with van der Waals surface area (Å²) >= 11 is 0. The summed E-state index contributed by atoms with van der Waals surface area (Å²) in [6.07, 6.45) is 0. The van der Waals surface area contributed by atoms with Crippen molar-refractivity contribution in [1.82, 2.24) is 10.6 Å². The van der Waals surface area contributed by atoms with Gasteiger partial charge in [-0.2, -0.15) is 0 Å². The molecule has 0 saturated carbocycles. The van der Waals surface area contributed by atoms with Gasteiger partial charge in [-0.1, -0.05) is 12.1 Å². The van der Waals surface area contributed by atoms with Crippen molar-refractivity contribution < 1.29 is 14.3 Å². The van der Waals surface area contributed by atoms with Gasteiger partial charge in [0.1, 0.15) is 5.75 Å². The molecule has 0 radical (unpaired) electrons. The van der Waals surface area contributed by atoms with Crippen LogP contribution in [0.15, 0.2) is 24.3 Å². The Bertz CT molecular complexity index is 430. The highest BCUT2D eigenvalue weighted by molar-refractivity contribution is 5.96. The Balaban J connectivity index is 2.67. The number of hydrogen-bond acceptors (Lipinski definition) is 3. The molecule has 5 nitrogen and oxygen atoms in total. The van der Waals surface area contributed by atoms with Crippen molar-refractivity contribution in [3.05, 3.63) is 29.8 Å². The van der Waals surface area contributed by atoms with E-state index in [-0.39, 0.29) is 24.5 Å². The first kappa shape index (κ1) is 14.0. The number of benzene rings is 1. The molecular weight excluding hydrogens is 232 g/mol. The Morgan fingerprint density at radius 3 is 2.56 bits per heavy atom. The number of carbonyl (C=O) groups is 2. The van der Waals surface area contributed by atoms with E-state index in [4.69, 9.17) is 4.74 Å². The van der Waals surface area contributed by atoms with Crippen LogP contribution in [0.4, 0.5) is 0 Å². The number of rotatable bonds is 5. The molecule has 2 amide bonds. The monoisotopic (exact) mass is 250 g/mol. The molecule has 0 spiro atoms. The molecule has 0 aliphatic heterocycles. The number of ether oxygens (including phenoxy) is 1. The minimum atomic E-state index is -0.241. The third-order valence-electron chi connectivity index (χ3n) is 2.17. The number of amides is 2. The summed E-state index contributed by atoms with van der Waals surface area (Å²) in [6.45, 7) is 3.64. The first-order chi connectivity index (χ1) is 8.54. The van der Waals surface area contributed by atoms with E-state index in [1.54, 1.807) is 31.3 Å². The number of nitrogens with one attached hydrogen (secondary N) is 2. The molecule has 1 rings (SSSR count). The average Bonchev–Trinajstić information content (AvgIpc) is 2.35. The topological polar surface area (TPSA) is 67.4 Å². The SMILES string of the molecule is CNC(=O)c1ccccc1OCC(=O)NC(C)C. The lowest BCUT2D eigenvalue weighted by Crippen LogP contribution is -2.34. The molecule has 0 aromatic heterocycles. The van der Waals surface area contributed by atoms with Gasteiger partial charge >= 0.3 is 0 Å². The molecule has 0 heterocycles. The first-order valence-electron chi connectivity index (χ1n) is 5.78. The van der Waals surface area contributed by atoms with Crippen LogP contribution in [0, 0.1) is 0 Å². The van der Waals surface area contributed by atoms with Crippen molar-refractivity contribution in [2.45, 2.75) is 19.9 Å². The van der Waals surface area contributed by atoms with Gasteiger partial charge in [-0.25, -0.2) is 0 Å². The lowest BCUT2D eigenvalue weighted by atomic mass is 10.2. The second kappa shape index (κ2) is 6.64. The van der Waals surface area contributed by atoms with Crippen LogP contribution in [0.25, 0.3) is 0 Å². The number of para-hydroxylation sites is 1. The quantitative estimate of drug-likeness (QED) is 0.817. The summed E-state index contributed by atoms with van der Waals surface area (Å²) in [5.41, 5.74) is 0.414. The third kappa shape index (κ3) is 4.08. The Morgan fingerprint density at radius 2 is 1.94 bits per heavy atom. The maximum atomic E-state index is 11.6. The van der Waals surface area contributed by atoms with E-state index >= 15 is 0 Å². The van der Waals surface area contributed by atoms with E-state index in [1.165, 1.54) is 0 Å². The van der Waals surface area contributed by atoms with Gasteiger partial charge in [0.25, 0.3) is 11.8 Å². The largest absolute Gasteiger partial charge is 0.483 e. The van der Waals surface area contributed by atoms with E-state index in [0.29, 0.717) is 11.3 Å². The smallest absolute Gasteiger partial charge is 0.258 e. The summed E-state index contributed by atoms with van der Waals surface area (Å²) in [6, 6.07) is 6.87. The van der Waals surface area contributed by atoms with Gasteiger partial charge in [-0.05, 0) is 26.0 Å². The van der Waals surface area contributed by atoms with Crippen molar-refractivity contribution in [3.63, 3.8) is 0 Å². The highest BCUT2D eigenvalue weighted by atomic mass is 16.5. The Labute approximate surface area is 107 Å². The van der Waals surface area contributed by atoms with Crippen molar-refractivity contribution in [3.8, 4) is 5.75 Å². The minimum absolute atomic E-state index is 0.0651. The van der Waals surface area contributed by atoms with Gasteiger partial charge in [-0.15, -0.1) is 0 Å². The van der Waals surface area contributed by atoms with Crippen LogP contribution in [0.3, 0.4) is 0 Å². The highest BCUT2D eigenvalue weighted by Crippen LogP contribution is 2.17. The first-order valence-corrected chi connectivity index (χ1v) is 5.78. The van der Waals surface area contributed by atoms with E-state index in [9.17, 15) is 9.59 Å². The van der Waals surface area contributed by atoms with Crippen molar-refractivity contribution in [2.24, 2.45) is 0 Å². The fourth-order valence-electron chi connectivity index (χ4n) is 1.42. The minimum Gasteiger partial charge on any atom is -0.483 e. The van der Waals surface area contributed by atoms with Crippen molar-refractivity contribution >= 4 is 11.8 Å². The van der Waals surface area contributed by atoms with Crippen molar-refractivity contribution in [2.75, 3.05) is 13.7 Å². The second-order valence-electron chi connectivity index (χ2n) is 4.09. The predicted octanol–water partition coefficient (Wildman–Crippen LogP) is 0.950. The third-order valence-corrected chi connectivity index (χ3v) is 2.17. The highest BCUT2D eigenvalue weighted by Gasteiger charge is 2.11. The standard InChI is InChI=1S/C13H18N2O3/c1-9(2)15-12(16)8-18-11-7-5-4-6-10(11)13(17)14-3/h4-7,9H,8H2,1-3H3,(H,14,17)(H,15,16). The van der Waals surface area contributed by atoms with Gasteiger partial charge in [-0.3, -0.25) is 9.59 Å². The van der Waals surface area contributed by atoms with Crippen LogP contribution >= 0.6 is 0 Å². The van der Waals surface area contributed by atoms with Crippen LogP contribution < -0.4 is 15.4 Å². The Hall–Kier alpha value is -2.04. The molecule has 18 heavy (non-hydrogen) atoms. The van der Waals surface area contributed by atoms with E-state index < -0.39 is 0 Å². The summed E-state index contributed by atoms with van der Waals surface area (Å²) in [7, 11) is 1.55. The zero-order chi connectivity index (χ0) is 13.5. The second-order valence-corrected chi connectivity index (χ2v) is 4.09. The van der Waals surface area contributed by atoms with Gasteiger partial charge in [0.2, 0.25) is 0 Å². The molecule has 0 unspecified atom stereocenters. The molecule has 0 saturated heterocycles. The van der Waals surface area contributed by atoms with E-state index in [0.717, 1.165) is 0 Å². The average molecular weight is 250 g/mol. The molecule has 0 aliphatic carbocycles. The van der Waals surface area contributed by atoms with Crippen molar-refractivity contribution in [1.29, 1.82) is 0 Å². The predicted molar refractivity (Wildman–Crippen MR) is 68.6 cm³/mol. The molecule has 98 valence electrons. The van der Waals surface area contributed by atoms with Crippen LogP contribution in [0.5, 0.6) is 5.75 Å². The molecular formula is C13H18N2O3. The summed E-state index contributed by atoms with van der Waals surface area (Å²) < 4.78 is 5.35. The summed E-state index contributed by atoms with van der Waals surface area (Å²) in [4.78, 5) is 23.0. The zero-order valence-electron chi connectivity index (χ0n) is 10.8. The normalized spacial score (nSPS) is 10.0. The van der Waals surface area contributed by atoms with Gasteiger partial charge in [0.15, 0.2) is 6.61 Å². The van der Waals surface area contributed by atoms with E-state index in [2.05, 4.69) is 10.6 Å². The van der Waals surface area contributed by atoms with Crippen LogP contribution in [0.1, 0.15) is 24.2 Å². The van der Waals surface area contributed by atoms with E-state index in [1.807, 2.05) is 13.8 Å². The molecule has 5 heteroatoms. The van der Waals surface area contributed by atoms with Gasteiger partial charge in [0, 0.05) is 13.1 Å². The van der Waals surface area contributed by atoms with Crippen LogP contribution in [-0.4, -0.2) is 31.5 Å². The molecule has 0 atom stereocenters. The van der Waals surface area contributed by atoms with Crippen LogP contribution in [-0.2, 0) is 4.79 Å². The Morgan fingerprint density at radius 1 is 1.28 bits per heavy atom. The fourth-order valence-corrected chi connectivity index (χ4v) is 1.42. The summed E-state index contributed by atoms with van der Waals surface area (Å²) in [5, 5.41) is 5.23. The molecule has 1 aromatic rings. The molecule has 0 fully saturated rings. The number of hydrogen-bond donors (Lipinski definition) is 2. The molecule has 1 aromatic carbocycles. The summed E-state index contributed by atoms with van der Waals surface area (Å²) in [5.74, 6) is -0.0534. The Kier molecular flexibility index (Phi) is 5.17. The lowest BCUT2D eigenvalue weighted by molar-refractivity contribution is -0.123. The van der Waals surface area contributed by atoms with Crippen LogP contribution in [0.2, 0.25) is 0 Å². The molecule has 0 bridgehead atoms. The molecule has 2 N–H and O–H groups in total.